The van der Waals surface area contributed by atoms with Crippen molar-refractivity contribution < 1.29 is 17.9 Å². The number of benzene rings is 1. The SMILES string of the molecule is CS(=O)(=O)NCCC(=O)N[C@H]1CCOc2ccccc21. The van der Waals surface area contributed by atoms with E-state index in [-0.39, 0.29) is 24.9 Å². The van der Waals surface area contributed by atoms with Gasteiger partial charge in [-0.15, -0.1) is 0 Å². The summed E-state index contributed by atoms with van der Waals surface area (Å²) in [7, 11) is -3.25. The molecule has 0 bridgehead atoms. The highest BCUT2D eigenvalue weighted by Gasteiger charge is 2.22. The van der Waals surface area contributed by atoms with Crippen LogP contribution in [0.3, 0.4) is 0 Å². The molecule has 0 fully saturated rings. The first kappa shape index (κ1) is 14.8. The molecule has 1 amide bonds. The molecule has 1 atom stereocenters. The summed E-state index contributed by atoms with van der Waals surface area (Å²) in [6, 6.07) is 7.51. The lowest BCUT2D eigenvalue weighted by Crippen LogP contribution is -2.34. The average molecular weight is 298 g/mol. The van der Waals surface area contributed by atoms with Gasteiger partial charge in [0.05, 0.1) is 18.9 Å². The van der Waals surface area contributed by atoms with Crippen LogP contribution in [0.4, 0.5) is 0 Å². The number of nitrogens with one attached hydrogen (secondary N) is 2. The van der Waals surface area contributed by atoms with Crippen LogP contribution < -0.4 is 14.8 Å². The molecule has 1 heterocycles. The number of amides is 1. The van der Waals surface area contributed by atoms with Gasteiger partial charge in [0.15, 0.2) is 0 Å². The van der Waals surface area contributed by atoms with Crippen molar-refractivity contribution >= 4 is 15.9 Å². The molecule has 2 N–H and O–H groups in total. The Bertz CT molecular complexity index is 586. The first-order valence-corrected chi connectivity index (χ1v) is 8.30. The van der Waals surface area contributed by atoms with Crippen molar-refractivity contribution in [3.63, 3.8) is 0 Å². The largest absolute Gasteiger partial charge is 0.493 e. The molecular formula is C13H18N2O4S. The van der Waals surface area contributed by atoms with Crippen molar-refractivity contribution in [2.24, 2.45) is 0 Å². The van der Waals surface area contributed by atoms with Crippen molar-refractivity contribution in [3.8, 4) is 5.75 Å². The predicted octanol–water partition coefficient (Wildman–Crippen LogP) is 0.566. The van der Waals surface area contributed by atoms with Crippen molar-refractivity contribution in [2.45, 2.75) is 18.9 Å². The molecule has 0 radical (unpaired) electrons. The Kier molecular flexibility index (Phi) is 4.61. The van der Waals surface area contributed by atoms with Crippen LogP contribution in [0.2, 0.25) is 0 Å². The van der Waals surface area contributed by atoms with Crippen molar-refractivity contribution in [2.75, 3.05) is 19.4 Å². The van der Waals surface area contributed by atoms with Gasteiger partial charge in [-0.25, -0.2) is 13.1 Å². The maximum absolute atomic E-state index is 11.8. The monoisotopic (exact) mass is 298 g/mol. The molecule has 0 aliphatic carbocycles. The quantitative estimate of drug-likeness (QED) is 0.832. The maximum atomic E-state index is 11.8. The minimum Gasteiger partial charge on any atom is -0.493 e. The van der Waals surface area contributed by atoms with E-state index < -0.39 is 10.0 Å². The zero-order valence-electron chi connectivity index (χ0n) is 11.3. The lowest BCUT2D eigenvalue weighted by molar-refractivity contribution is -0.121. The van der Waals surface area contributed by atoms with Crippen LogP contribution in [0.15, 0.2) is 24.3 Å². The molecule has 0 spiro atoms. The van der Waals surface area contributed by atoms with Gasteiger partial charge in [0.2, 0.25) is 15.9 Å². The average Bonchev–Trinajstić information content (AvgIpc) is 2.37. The topological polar surface area (TPSA) is 84.5 Å². The fourth-order valence-corrected chi connectivity index (χ4v) is 2.58. The van der Waals surface area contributed by atoms with Crippen molar-refractivity contribution in [3.05, 3.63) is 29.8 Å². The first-order chi connectivity index (χ1) is 9.46. The molecule has 1 aliphatic heterocycles. The summed E-state index contributed by atoms with van der Waals surface area (Å²) in [4.78, 5) is 11.8. The van der Waals surface area contributed by atoms with Gasteiger partial charge in [-0.2, -0.15) is 0 Å². The van der Waals surface area contributed by atoms with Crippen molar-refractivity contribution in [1.82, 2.24) is 10.0 Å². The van der Waals surface area contributed by atoms with Gasteiger partial charge in [-0.1, -0.05) is 18.2 Å². The summed E-state index contributed by atoms with van der Waals surface area (Å²) in [5.74, 6) is 0.612. The zero-order valence-corrected chi connectivity index (χ0v) is 12.1. The maximum Gasteiger partial charge on any atom is 0.221 e. The highest BCUT2D eigenvalue weighted by molar-refractivity contribution is 7.88. The number of para-hydroxylation sites is 1. The Morgan fingerprint density at radius 3 is 2.90 bits per heavy atom. The smallest absolute Gasteiger partial charge is 0.221 e. The second-order valence-electron chi connectivity index (χ2n) is 4.71. The molecule has 0 saturated carbocycles. The highest BCUT2D eigenvalue weighted by atomic mass is 32.2. The van der Waals surface area contributed by atoms with Gasteiger partial charge >= 0.3 is 0 Å². The molecule has 1 aliphatic rings. The summed E-state index contributed by atoms with van der Waals surface area (Å²) in [5, 5.41) is 2.91. The van der Waals surface area contributed by atoms with Crippen LogP contribution in [-0.2, 0) is 14.8 Å². The number of carbonyl (C=O) groups excluding carboxylic acids is 1. The third kappa shape index (κ3) is 4.21. The van der Waals surface area contributed by atoms with Gasteiger partial charge in [0, 0.05) is 24.9 Å². The van der Waals surface area contributed by atoms with Crippen LogP contribution in [0.5, 0.6) is 5.75 Å². The fourth-order valence-electron chi connectivity index (χ4n) is 2.11. The minimum atomic E-state index is -3.25. The van der Waals surface area contributed by atoms with Gasteiger partial charge in [-0.05, 0) is 6.07 Å². The number of rotatable bonds is 5. The van der Waals surface area contributed by atoms with Gasteiger partial charge in [-0.3, -0.25) is 4.79 Å². The van der Waals surface area contributed by atoms with Crippen LogP contribution in [-0.4, -0.2) is 33.7 Å². The van der Waals surface area contributed by atoms with E-state index in [2.05, 4.69) is 10.0 Å². The second kappa shape index (κ2) is 6.23. The molecule has 1 aromatic rings. The molecule has 0 unspecified atom stereocenters. The van der Waals surface area contributed by atoms with E-state index in [4.69, 9.17) is 4.74 Å². The van der Waals surface area contributed by atoms with E-state index in [1.807, 2.05) is 24.3 Å². The lowest BCUT2D eigenvalue weighted by Gasteiger charge is -2.26. The summed E-state index contributed by atoms with van der Waals surface area (Å²) >= 11 is 0. The molecule has 110 valence electrons. The number of carbonyl (C=O) groups is 1. The molecule has 1 aromatic carbocycles. The van der Waals surface area contributed by atoms with Crippen LogP contribution in [0, 0.1) is 0 Å². The third-order valence-electron chi connectivity index (χ3n) is 3.01. The predicted molar refractivity (Wildman–Crippen MR) is 74.9 cm³/mol. The molecule has 6 nitrogen and oxygen atoms in total. The normalized spacial score (nSPS) is 17.9. The van der Waals surface area contributed by atoms with E-state index in [0.717, 1.165) is 17.6 Å². The number of ether oxygens (including phenoxy) is 1. The van der Waals surface area contributed by atoms with E-state index in [1.165, 1.54) is 0 Å². The lowest BCUT2D eigenvalue weighted by atomic mass is 10.0. The first-order valence-electron chi connectivity index (χ1n) is 6.41. The molecule has 2 rings (SSSR count). The highest BCUT2D eigenvalue weighted by Crippen LogP contribution is 2.31. The second-order valence-corrected chi connectivity index (χ2v) is 6.54. The van der Waals surface area contributed by atoms with Gasteiger partial charge in [0.25, 0.3) is 0 Å². The summed E-state index contributed by atoms with van der Waals surface area (Å²) in [6.45, 7) is 0.666. The van der Waals surface area contributed by atoms with Crippen LogP contribution in [0.25, 0.3) is 0 Å². The van der Waals surface area contributed by atoms with E-state index in [9.17, 15) is 13.2 Å². The Morgan fingerprint density at radius 1 is 1.40 bits per heavy atom. The number of sulfonamides is 1. The Morgan fingerprint density at radius 2 is 2.15 bits per heavy atom. The Hall–Kier alpha value is -1.60. The summed E-state index contributed by atoms with van der Waals surface area (Å²) in [5.41, 5.74) is 0.961. The molecule has 0 aromatic heterocycles. The van der Waals surface area contributed by atoms with Crippen molar-refractivity contribution in [1.29, 1.82) is 0 Å². The zero-order chi connectivity index (χ0) is 14.6. The third-order valence-corrected chi connectivity index (χ3v) is 3.74. The number of hydrogen-bond acceptors (Lipinski definition) is 4. The standard InChI is InChI=1S/C13H18N2O4S/c1-20(17,18)14-8-6-13(16)15-11-7-9-19-12-5-3-2-4-10(11)12/h2-5,11,14H,6-9H2,1H3,(H,15,16)/t11-/m0/s1. The van der Waals surface area contributed by atoms with Gasteiger partial charge < -0.3 is 10.1 Å². The minimum absolute atomic E-state index is 0.0781. The molecular weight excluding hydrogens is 280 g/mol. The number of hydrogen-bond donors (Lipinski definition) is 2. The molecule has 7 heteroatoms. The van der Waals surface area contributed by atoms with Gasteiger partial charge in [0.1, 0.15) is 5.75 Å². The van der Waals surface area contributed by atoms with E-state index in [1.54, 1.807) is 0 Å². The molecule has 20 heavy (non-hydrogen) atoms. The fraction of sp³-hybridized carbons (Fsp3) is 0.462. The van der Waals surface area contributed by atoms with E-state index in [0.29, 0.717) is 13.0 Å². The summed E-state index contributed by atoms with van der Waals surface area (Å²) < 4.78 is 29.6. The van der Waals surface area contributed by atoms with E-state index >= 15 is 0 Å². The Balaban J connectivity index is 1.89. The van der Waals surface area contributed by atoms with Crippen LogP contribution >= 0.6 is 0 Å². The van der Waals surface area contributed by atoms with Crippen LogP contribution in [0.1, 0.15) is 24.4 Å². The summed E-state index contributed by atoms with van der Waals surface area (Å²) in [6.07, 6.45) is 1.90. The number of fused-ring (bicyclic) bond motifs is 1. The Labute approximate surface area is 118 Å². The molecule has 0 saturated heterocycles.